The number of hydrogen-bond donors (Lipinski definition) is 0. The molecule has 0 atom stereocenters. The first-order chi connectivity index (χ1) is 7.95. The summed E-state index contributed by atoms with van der Waals surface area (Å²) in [6.07, 6.45) is -2.45. The SMILES string of the molecule is FC(F)(F)c1cc(Cl)n2nc(C3CC3)cc2n1. The van der Waals surface area contributed by atoms with Crippen LogP contribution in [0.15, 0.2) is 12.1 Å². The summed E-state index contributed by atoms with van der Waals surface area (Å²) in [5, 5.41) is 4.08. The zero-order chi connectivity index (χ0) is 12.2. The van der Waals surface area contributed by atoms with Gasteiger partial charge in [0, 0.05) is 18.1 Å². The Morgan fingerprint density at radius 3 is 2.59 bits per heavy atom. The Kier molecular flexibility index (Phi) is 2.13. The van der Waals surface area contributed by atoms with E-state index in [1.807, 2.05) is 0 Å². The largest absolute Gasteiger partial charge is 0.433 e. The van der Waals surface area contributed by atoms with Gasteiger partial charge in [0.15, 0.2) is 5.65 Å². The molecule has 2 aromatic rings. The van der Waals surface area contributed by atoms with Gasteiger partial charge in [-0.05, 0) is 12.8 Å². The summed E-state index contributed by atoms with van der Waals surface area (Å²) >= 11 is 5.77. The molecule has 0 unspecified atom stereocenters. The van der Waals surface area contributed by atoms with Crippen LogP contribution < -0.4 is 0 Å². The summed E-state index contributed by atoms with van der Waals surface area (Å²) in [6.45, 7) is 0. The normalized spacial score (nSPS) is 16.7. The molecule has 7 heteroatoms. The van der Waals surface area contributed by atoms with Crippen LogP contribution in [-0.2, 0) is 6.18 Å². The highest BCUT2D eigenvalue weighted by atomic mass is 35.5. The van der Waals surface area contributed by atoms with Crippen molar-refractivity contribution in [3.63, 3.8) is 0 Å². The molecule has 0 N–H and O–H groups in total. The van der Waals surface area contributed by atoms with E-state index < -0.39 is 11.9 Å². The van der Waals surface area contributed by atoms with Gasteiger partial charge < -0.3 is 0 Å². The van der Waals surface area contributed by atoms with E-state index in [4.69, 9.17) is 11.6 Å². The van der Waals surface area contributed by atoms with Crippen molar-refractivity contribution < 1.29 is 13.2 Å². The Morgan fingerprint density at radius 1 is 1.29 bits per heavy atom. The molecule has 3 rings (SSSR count). The van der Waals surface area contributed by atoms with Crippen LogP contribution >= 0.6 is 11.6 Å². The molecule has 0 saturated heterocycles. The van der Waals surface area contributed by atoms with E-state index in [2.05, 4.69) is 10.1 Å². The molecule has 2 aromatic heterocycles. The molecule has 0 bridgehead atoms. The van der Waals surface area contributed by atoms with E-state index >= 15 is 0 Å². The summed E-state index contributed by atoms with van der Waals surface area (Å²) < 4.78 is 38.8. The highest BCUT2D eigenvalue weighted by Crippen LogP contribution is 2.40. The summed E-state index contributed by atoms with van der Waals surface area (Å²) in [4.78, 5) is 3.53. The minimum Gasteiger partial charge on any atom is -0.224 e. The Hall–Kier alpha value is -1.30. The molecule has 0 spiro atoms. The van der Waals surface area contributed by atoms with Gasteiger partial charge in [-0.25, -0.2) is 9.50 Å². The Morgan fingerprint density at radius 2 is 2.00 bits per heavy atom. The molecule has 1 saturated carbocycles. The van der Waals surface area contributed by atoms with Crippen LogP contribution in [0, 0.1) is 0 Å². The summed E-state index contributed by atoms with van der Waals surface area (Å²) in [5.74, 6) is 0.349. The molecular weight excluding hydrogens is 255 g/mol. The molecule has 0 radical (unpaired) electrons. The molecule has 2 heterocycles. The number of hydrogen-bond acceptors (Lipinski definition) is 2. The molecule has 17 heavy (non-hydrogen) atoms. The predicted octanol–water partition coefficient (Wildman–Crippen LogP) is 3.28. The van der Waals surface area contributed by atoms with Crippen LogP contribution in [-0.4, -0.2) is 14.6 Å². The molecule has 0 aromatic carbocycles. The maximum atomic E-state index is 12.5. The quantitative estimate of drug-likeness (QED) is 0.738. The number of aromatic nitrogens is 3. The van der Waals surface area contributed by atoms with Crippen molar-refractivity contribution in [3.8, 4) is 0 Å². The molecule has 0 amide bonds. The molecule has 1 aliphatic rings. The molecule has 3 nitrogen and oxygen atoms in total. The van der Waals surface area contributed by atoms with Crippen molar-refractivity contribution in [1.29, 1.82) is 0 Å². The first-order valence-electron chi connectivity index (χ1n) is 5.08. The molecular formula is C10H7ClF3N3. The van der Waals surface area contributed by atoms with Crippen molar-refractivity contribution in [2.75, 3.05) is 0 Å². The summed E-state index contributed by atoms with van der Waals surface area (Å²) in [6, 6.07) is 2.36. The second-order valence-electron chi connectivity index (χ2n) is 4.08. The Bertz CT molecular complexity index is 586. The fraction of sp³-hybridized carbons (Fsp3) is 0.400. The highest BCUT2D eigenvalue weighted by Gasteiger charge is 2.34. The standard InChI is InChI=1S/C10H7ClF3N3/c11-8-4-7(10(12,13)14)15-9-3-6(5-1-2-5)16-17(8)9/h3-5H,1-2H2. The molecule has 1 aliphatic carbocycles. The van der Waals surface area contributed by atoms with Crippen molar-refractivity contribution in [2.45, 2.75) is 24.9 Å². The van der Waals surface area contributed by atoms with Gasteiger partial charge in [0.1, 0.15) is 10.8 Å². The zero-order valence-electron chi connectivity index (χ0n) is 8.50. The topological polar surface area (TPSA) is 30.2 Å². The van der Waals surface area contributed by atoms with E-state index in [0.29, 0.717) is 5.92 Å². The third-order valence-electron chi connectivity index (χ3n) is 2.69. The van der Waals surface area contributed by atoms with Gasteiger partial charge in [-0.3, -0.25) is 0 Å². The van der Waals surface area contributed by atoms with Crippen LogP contribution in [0.4, 0.5) is 13.2 Å². The molecule has 90 valence electrons. The van der Waals surface area contributed by atoms with E-state index in [1.165, 1.54) is 4.52 Å². The minimum absolute atomic E-state index is 0.0748. The summed E-state index contributed by atoms with van der Waals surface area (Å²) in [5.41, 5.74) is -0.0808. The predicted molar refractivity (Wildman–Crippen MR) is 55.0 cm³/mol. The second kappa shape index (κ2) is 3.35. The van der Waals surface area contributed by atoms with Gasteiger partial charge in [0.05, 0.1) is 5.69 Å². The van der Waals surface area contributed by atoms with Gasteiger partial charge in [-0.1, -0.05) is 11.6 Å². The minimum atomic E-state index is -4.49. The van der Waals surface area contributed by atoms with Crippen molar-refractivity contribution in [3.05, 3.63) is 28.7 Å². The number of fused-ring (bicyclic) bond motifs is 1. The van der Waals surface area contributed by atoms with Crippen molar-refractivity contribution in [2.24, 2.45) is 0 Å². The number of rotatable bonds is 1. The van der Waals surface area contributed by atoms with E-state index in [9.17, 15) is 13.2 Å². The lowest BCUT2D eigenvalue weighted by atomic mass is 10.3. The van der Waals surface area contributed by atoms with Gasteiger partial charge in [0.2, 0.25) is 0 Å². The lowest BCUT2D eigenvalue weighted by molar-refractivity contribution is -0.141. The van der Waals surface area contributed by atoms with Crippen LogP contribution in [0.5, 0.6) is 0 Å². The number of nitrogens with zero attached hydrogens (tertiary/aromatic N) is 3. The molecule has 0 aliphatic heterocycles. The Balaban J connectivity index is 2.18. The van der Waals surface area contributed by atoms with Gasteiger partial charge in [0.25, 0.3) is 0 Å². The lowest BCUT2D eigenvalue weighted by Gasteiger charge is -2.06. The van der Waals surface area contributed by atoms with Gasteiger partial charge in [-0.15, -0.1) is 0 Å². The Labute approximate surface area is 99.2 Å². The van der Waals surface area contributed by atoms with Crippen LogP contribution in [0.25, 0.3) is 5.65 Å². The average Bonchev–Trinajstić information content (AvgIpc) is 2.97. The smallest absolute Gasteiger partial charge is 0.224 e. The zero-order valence-corrected chi connectivity index (χ0v) is 9.26. The first kappa shape index (κ1) is 10.8. The first-order valence-corrected chi connectivity index (χ1v) is 5.46. The lowest BCUT2D eigenvalue weighted by Crippen LogP contribution is -2.09. The van der Waals surface area contributed by atoms with Crippen LogP contribution in [0.2, 0.25) is 5.15 Å². The van der Waals surface area contributed by atoms with Crippen molar-refractivity contribution in [1.82, 2.24) is 14.6 Å². The third-order valence-corrected chi connectivity index (χ3v) is 2.96. The van der Waals surface area contributed by atoms with Crippen molar-refractivity contribution >= 4 is 17.2 Å². The van der Waals surface area contributed by atoms with E-state index in [0.717, 1.165) is 24.6 Å². The number of alkyl halides is 3. The van der Waals surface area contributed by atoms with Crippen LogP contribution in [0.1, 0.15) is 30.1 Å². The molecule has 1 fully saturated rings. The average molecular weight is 262 g/mol. The maximum Gasteiger partial charge on any atom is 0.433 e. The van der Waals surface area contributed by atoms with Gasteiger partial charge in [-0.2, -0.15) is 18.3 Å². The van der Waals surface area contributed by atoms with Crippen LogP contribution in [0.3, 0.4) is 0 Å². The highest BCUT2D eigenvalue weighted by molar-refractivity contribution is 6.29. The van der Waals surface area contributed by atoms with E-state index in [1.54, 1.807) is 6.07 Å². The fourth-order valence-corrected chi connectivity index (χ4v) is 1.91. The second-order valence-corrected chi connectivity index (χ2v) is 4.46. The third kappa shape index (κ3) is 1.86. The van der Waals surface area contributed by atoms with Gasteiger partial charge >= 0.3 is 6.18 Å². The monoisotopic (exact) mass is 261 g/mol. The summed E-state index contributed by atoms with van der Waals surface area (Å²) in [7, 11) is 0. The number of halogens is 4. The van der Waals surface area contributed by atoms with E-state index in [-0.39, 0.29) is 10.8 Å². The fourth-order valence-electron chi connectivity index (χ4n) is 1.68. The maximum absolute atomic E-state index is 12.5.